The minimum Gasteiger partial charge on any atom is -0.415 e. The van der Waals surface area contributed by atoms with Gasteiger partial charge in [0.05, 0.1) is 29.5 Å². The van der Waals surface area contributed by atoms with E-state index in [2.05, 4.69) is 25.8 Å². The number of rotatable bonds is 7. The Bertz CT molecular complexity index is 1590. The fourth-order valence-electron chi connectivity index (χ4n) is 4.19. The molecule has 0 radical (unpaired) electrons. The summed E-state index contributed by atoms with van der Waals surface area (Å²) in [5.74, 6) is 0.327. The molecule has 1 unspecified atom stereocenters. The van der Waals surface area contributed by atoms with Crippen molar-refractivity contribution < 1.29 is 27.3 Å². The SMILES string of the molecule is C=S(=O)(NC1(C)CC1)c1ccc(-c2sc(-c3nnc(C(C)(C)O)o3)nc2C(=O)N2CCC(F)(F)CC2)c(Cl)c1Cl. The molecule has 3 aromatic rings. The molecule has 15 heteroatoms. The number of nitrogens with zero attached hydrogens (tertiary/aromatic N) is 4. The highest BCUT2D eigenvalue weighted by Gasteiger charge is 2.40. The van der Waals surface area contributed by atoms with Crippen molar-refractivity contribution in [2.24, 2.45) is 0 Å². The molecule has 0 spiro atoms. The van der Waals surface area contributed by atoms with Gasteiger partial charge in [-0.25, -0.2) is 22.7 Å². The van der Waals surface area contributed by atoms with E-state index in [9.17, 15) is 22.9 Å². The zero-order valence-corrected chi connectivity index (χ0v) is 25.0. The van der Waals surface area contributed by atoms with E-state index in [4.69, 9.17) is 27.6 Å². The molecule has 1 saturated carbocycles. The predicted octanol–water partition coefficient (Wildman–Crippen LogP) is 5.40. The Kier molecular flexibility index (Phi) is 7.32. The molecule has 40 heavy (non-hydrogen) atoms. The number of thiazole rings is 1. The number of amides is 1. The number of nitrogens with one attached hydrogen (secondary N) is 1. The number of hydrogen-bond donors (Lipinski definition) is 2. The number of aromatic nitrogens is 3. The first kappa shape index (κ1) is 29.3. The number of halogens is 4. The predicted molar refractivity (Wildman–Crippen MR) is 150 cm³/mol. The van der Waals surface area contributed by atoms with Gasteiger partial charge >= 0.3 is 0 Å². The summed E-state index contributed by atoms with van der Waals surface area (Å²) >= 11 is 14.3. The largest absolute Gasteiger partial charge is 0.415 e. The maximum Gasteiger partial charge on any atom is 0.276 e. The van der Waals surface area contributed by atoms with Crippen molar-refractivity contribution in [2.75, 3.05) is 13.1 Å². The van der Waals surface area contributed by atoms with Gasteiger partial charge < -0.3 is 14.4 Å². The van der Waals surface area contributed by atoms with Crippen LogP contribution in [-0.4, -0.2) is 65.7 Å². The molecule has 1 aliphatic carbocycles. The molecule has 1 aliphatic heterocycles. The highest BCUT2D eigenvalue weighted by atomic mass is 35.5. The van der Waals surface area contributed by atoms with E-state index in [0.717, 1.165) is 24.2 Å². The molecule has 2 aliphatic rings. The van der Waals surface area contributed by atoms with Crippen LogP contribution in [0, 0.1) is 0 Å². The van der Waals surface area contributed by atoms with Gasteiger partial charge in [-0.05, 0) is 45.5 Å². The third-order valence-corrected chi connectivity index (χ3v) is 10.7. The van der Waals surface area contributed by atoms with E-state index < -0.39 is 40.0 Å². The molecule has 5 rings (SSSR count). The molecule has 9 nitrogen and oxygen atoms in total. The number of benzene rings is 1. The van der Waals surface area contributed by atoms with Crippen LogP contribution in [0.3, 0.4) is 0 Å². The van der Waals surface area contributed by atoms with Gasteiger partial charge in [0.25, 0.3) is 17.7 Å². The van der Waals surface area contributed by atoms with Gasteiger partial charge in [0.1, 0.15) is 11.3 Å². The summed E-state index contributed by atoms with van der Waals surface area (Å²) in [6, 6.07) is 3.10. The number of likely N-dealkylation sites (tertiary alicyclic amines) is 1. The molecule has 1 saturated heterocycles. The van der Waals surface area contributed by atoms with Crippen LogP contribution < -0.4 is 4.72 Å². The number of hydrogen-bond acceptors (Lipinski definition) is 8. The summed E-state index contributed by atoms with van der Waals surface area (Å²) < 4.78 is 49.7. The second kappa shape index (κ2) is 9.99. The number of aliphatic hydroxyl groups is 1. The average Bonchev–Trinajstić information content (AvgIpc) is 3.25. The average molecular weight is 635 g/mol. The van der Waals surface area contributed by atoms with Gasteiger partial charge in [0.15, 0.2) is 5.01 Å². The molecule has 3 heterocycles. The minimum atomic E-state index is -2.99. The summed E-state index contributed by atoms with van der Waals surface area (Å²) in [4.78, 5) is 19.8. The molecular weight excluding hydrogens is 607 g/mol. The fraction of sp³-hybridized carbons (Fsp3) is 0.480. The highest BCUT2D eigenvalue weighted by molar-refractivity contribution is 7.98. The Morgan fingerprint density at radius 2 is 1.85 bits per heavy atom. The third kappa shape index (κ3) is 5.77. The topological polar surface area (TPSA) is 121 Å². The summed E-state index contributed by atoms with van der Waals surface area (Å²) in [5.41, 5.74) is -1.45. The van der Waals surface area contributed by atoms with Crippen molar-refractivity contribution in [3.8, 4) is 21.3 Å². The third-order valence-electron chi connectivity index (χ3n) is 6.80. The van der Waals surface area contributed by atoms with Crippen molar-refractivity contribution in [1.29, 1.82) is 0 Å². The first-order chi connectivity index (χ1) is 18.5. The van der Waals surface area contributed by atoms with Crippen molar-refractivity contribution in [2.45, 2.75) is 68.4 Å². The van der Waals surface area contributed by atoms with Crippen LogP contribution in [0.25, 0.3) is 21.3 Å². The van der Waals surface area contributed by atoms with Gasteiger partial charge in [0.2, 0.25) is 5.89 Å². The van der Waals surface area contributed by atoms with E-state index in [-0.39, 0.29) is 60.9 Å². The van der Waals surface area contributed by atoms with Crippen molar-refractivity contribution >= 4 is 56.0 Å². The zero-order valence-electron chi connectivity index (χ0n) is 21.9. The lowest BCUT2D eigenvalue weighted by Gasteiger charge is -2.31. The van der Waals surface area contributed by atoms with Crippen molar-refractivity contribution in [3.05, 3.63) is 33.8 Å². The normalized spacial score (nSPS) is 19.9. The highest BCUT2D eigenvalue weighted by Crippen LogP contribution is 2.45. The van der Waals surface area contributed by atoms with Crippen LogP contribution in [0.15, 0.2) is 21.4 Å². The van der Waals surface area contributed by atoms with Crippen LogP contribution in [-0.2, 0) is 15.3 Å². The summed E-state index contributed by atoms with van der Waals surface area (Å²) in [6.07, 6.45) is 0.778. The van der Waals surface area contributed by atoms with Crippen molar-refractivity contribution in [3.63, 3.8) is 0 Å². The first-order valence-corrected chi connectivity index (χ1v) is 15.7. The first-order valence-electron chi connectivity index (χ1n) is 12.4. The van der Waals surface area contributed by atoms with E-state index in [1.807, 2.05) is 6.92 Å². The molecule has 216 valence electrons. The molecule has 1 atom stereocenters. The summed E-state index contributed by atoms with van der Waals surface area (Å²) in [7, 11) is -2.99. The van der Waals surface area contributed by atoms with E-state index in [1.54, 1.807) is 6.07 Å². The van der Waals surface area contributed by atoms with E-state index in [0.29, 0.717) is 5.56 Å². The molecule has 0 bridgehead atoms. The van der Waals surface area contributed by atoms with Gasteiger partial charge in [-0.15, -0.1) is 21.5 Å². The Hall–Kier alpha value is -2.16. The number of carbonyl (C=O) groups is 1. The molecule has 2 fully saturated rings. The van der Waals surface area contributed by atoms with Gasteiger partial charge in [0, 0.05) is 37.0 Å². The Morgan fingerprint density at radius 3 is 2.42 bits per heavy atom. The smallest absolute Gasteiger partial charge is 0.276 e. The van der Waals surface area contributed by atoms with Crippen molar-refractivity contribution in [1.82, 2.24) is 24.8 Å². The van der Waals surface area contributed by atoms with E-state index in [1.165, 1.54) is 24.8 Å². The number of piperidine rings is 1. The summed E-state index contributed by atoms with van der Waals surface area (Å²) in [6.45, 7) is 4.59. The van der Waals surface area contributed by atoms with Gasteiger partial charge in [-0.1, -0.05) is 29.3 Å². The lowest BCUT2D eigenvalue weighted by atomic mass is 10.1. The lowest BCUT2D eigenvalue weighted by molar-refractivity contribution is -0.0494. The zero-order chi connectivity index (χ0) is 29.3. The van der Waals surface area contributed by atoms with Gasteiger partial charge in [-0.2, -0.15) is 0 Å². The number of carbonyl (C=O) groups excluding carboxylic acids is 1. The second-order valence-corrected chi connectivity index (χ2v) is 14.6. The molecular formula is C25H27Cl2F2N5O4S2. The molecule has 1 amide bonds. The standard InChI is InChI=1S/C25H27Cl2F2N5O4S2/c1-23(2,36)22-32-31-19(38-22)20-30-17(21(35)34-11-9-25(28,29)10-12-34)18(39-20)13-5-6-14(16(27)15(13)26)40(4,37)33-24(3)7-8-24/h5-6,36H,4,7-12H2,1-3H3,(H,33,37). The quantitative estimate of drug-likeness (QED) is 0.334. The number of alkyl halides is 2. The minimum absolute atomic E-state index is 0.00369. The van der Waals surface area contributed by atoms with E-state index >= 15 is 0 Å². The summed E-state index contributed by atoms with van der Waals surface area (Å²) in [5, 5.41) is 18.2. The van der Waals surface area contributed by atoms with Crippen LogP contribution in [0.4, 0.5) is 8.78 Å². The maximum atomic E-state index is 13.8. The maximum absolute atomic E-state index is 13.8. The van der Waals surface area contributed by atoms with Gasteiger partial charge in [-0.3, -0.25) is 4.79 Å². The molecule has 1 aromatic carbocycles. The van der Waals surface area contributed by atoms with Crippen LogP contribution >= 0.6 is 34.5 Å². The van der Waals surface area contributed by atoms with Crippen LogP contribution in [0.5, 0.6) is 0 Å². The van der Waals surface area contributed by atoms with Crippen LogP contribution in [0.1, 0.15) is 62.8 Å². The Morgan fingerprint density at radius 1 is 1.20 bits per heavy atom. The Labute approximate surface area is 244 Å². The Balaban J connectivity index is 1.58. The monoisotopic (exact) mass is 633 g/mol. The van der Waals surface area contributed by atoms with Crippen LogP contribution in [0.2, 0.25) is 10.0 Å². The molecule has 2 aromatic heterocycles. The molecule has 2 N–H and O–H groups in total. The fourth-order valence-corrected chi connectivity index (χ4v) is 7.90. The second-order valence-electron chi connectivity index (χ2n) is 10.9. The lowest BCUT2D eigenvalue weighted by Crippen LogP contribution is -2.43.